The number of benzene rings is 1. The van der Waals surface area contributed by atoms with Gasteiger partial charge in [-0.3, -0.25) is 14.4 Å². The molecule has 3 atom stereocenters. The van der Waals surface area contributed by atoms with Crippen LogP contribution in [0, 0.1) is 17.8 Å². The predicted octanol–water partition coefficient (Wildman–Crippen LogP) is 5.03. The summed E-state index contributed by atoms with van der Waals surface area (Å²) >= 11 is 1.14. The number of carbonyl (C=O) groups excluding carboxylic acids is 3. The number of rotatable bonds is 10. The van der Waals surface area contributed by atoms with Crippen molar-refractivity contribution < 1.29 is 14.4 Å². The van der Waals surface area contributed by atoms with Crippen molar-refractivity contribution in [2.45, 2.75) is 89.6 Å². The van der Waals surface area contributed by atoms with Crippen LogP contribution in [0.15, 0.2) is 30.3 Å². The summed E-state index contributed by atoms with van der Waals surface area (Å²) in [6.07, 6.45) is 11.1. The predicted molar refractivity (Wildman–Crippen MR) is 148 cm³/mol. The van der Waals surface area contributed by atoms with Crippen LogP contribution in [0.3, 0.4) is 0 Å². The monoisotopic (exact) mass is 537 g/mol. The molecule has 2 heterocycles. The SMILES string of the molecule is CC(CCC1CC1)C(=O)N[C@H](C(=O)N1CCC[C@H]1C(=O)Nc1snnc1-c1ccccc1)C1CCCCC1. The number of anilines is 1. The maximum atomic E-state index is 14.0. The fraction of sp³-hybridized carbons (Fsp3) is 0.621. The molecule has 2 aliphatic carbocycles. The van der Waals surface area contributed by atoms with Gasteiger partial charge in [0.2, 0.25) is 17.7 Å². The van der Waals surface area contributed by atoms with Crippen molar-refractivity contribution in [3.63, 3.8) is 0 Å². The number of amides is 3. The van der Waals surface area contributed by atoms with Crippen LogP contribution in [-0.4, -0.2) is 50.8 Å². The molecule has 1 unspecified atom stereocenters. The standard InChI is InChI=1S/C29H39N5O3S/c1-19(14-15-20-16-17-20)26(35)30-25(22-11-6-3-7-12-22)29(37)34-18-8-13-23(34)27(36)31-28-24(32-33-38-28)21-9-4-2-5-10-21/h2,4-5,9-10,19-20,22-23,25H,3,6-8,11-18H2,1H3,(H,30,35)(H,31,36)/t19?,23-,25-/m0/s1. The molecule has 3 aliphatic rings. The van der Waals surface area contributed by atoms with Gasteiger partial charge in [0.05, 0.1) is 0 Å². The van der Waals surface area contributed by atoms with Crippen molar-refractivity contribution in [2.24, 2.45) is 17.8 Å². The smallest absolute Gasteiger partial charge is 0.247 e. The number of hydrogen-bond donors (Lipinski definition) is 2. The van der Waals surface area contributed by atoms with Crippen molar-refractivity contribution >= 4 is 34.3 Å². The van der Waals surface area contributed by atoms with E-state index >= 15 is 0 Å². The average molecular weight is 538 g/mol. The highest BCUT2D eigenvalue weighted by atomic mass is 32.1. The zero-order valence-electron chi connectivity index (χ0n) is 22.2. The fourth-order valence-corrected chi connectivity index (χ4v) is 6.50. The number of likely N-dealkylation sites (tertiary alicyclic amines) is 1. The molecule has 8 nitrogen and oxygen atoms in total. The van der Waals surface area contributed by atoms with Crippen molar-refractivity contribution in [3.05, 3.63) is 30.3 Å². The van der Waals surface area contributed by atoms with Crippen molar-refractivity contribution in [3.8, 4) is 11.3 Å². The first-order valence-electron chi connectivity index (χ1n) is 14.3. The molecule has 2 aromatic rings. The largest absolute Gasteiger partial charge is 0.344 e. The minimum absolute atomic E-state index is 0.0296. The second-order valence-corrected chi connectivity index (χ2v) is 12.1. The van der Waals surface area contributed by atoms with Crippen LogP contribution in [0.4, 0.5) is 5.00 Å². The summed E-state index contributed by atoms with van der Waals surface area (Å²) in [4.78, 5) is 42.3. The van der Waals surface area contributed by atoms with Gasteiger partial charge in [-0.1, -0.05) is 73.8 Å². The molecule has 0 bridgehead atoms. The van der Waals surface area contributed by atoms with E-state index in [1.807, 2.05) is 37.3 Å². The van der Waals surface area contributed by atoms with Gasteiger partial charge in [0.1, 0.15) is 22.8 Å². The highest BCUT2D eigenvalue weighted by Gasteiger charge is 2.41. The molecule has 9 heteroatoms. The molecule has 1 aliphatic heterocycles. The van der Waals surface area contributed by atoms with Gasteiger partial charge >= 0.3 is 0 Å². The minimum Gasteiger partial charge on any atom is -0.344 e. The van der Waals surface area contributed by atoms with Crippen LogP contribution >= 0.6 is 11.5 Å². The van der Waals surface area contributed by atoms with Crippen LogP contribution < -0.4 is 10.6 Å². The lowest BCUT2D eigenvalue weighted by Gasteiger charge is -2.35. The highest BCUT2D eigenvalue weighted by molar-refractivity contribution is 7.10. The first-order valence-corrected chi connectivity index (χ1v) is 15.1. The van der Waals surface area contributed by atoms with E-state index in [0.717, 1.165) is 68.0 Å². The van der Waals surface area contributed by atoms with E-state index in [-0.39, 0.29) is 29.6 Å². The lowest BCUT2D eigenvalue weighted by Crippen LogP contribution is -2.56. The molecule has 3 fully saturated rings. The molecular weight excluding hydrogens is 498 g/mol. The molecule has 1 saturated heterocycles. The van der Waals surface area contributed by atoms with E-state index in [0.29, 0.717) is 23.7 Å². The Balaban J connectivity index is 1.28. The summed E-state index contributed by atoms with van der Waals surface area (Å²) in [5.74, 6) is 0.436. The molecule has 3 amide bonds. The van der Waals surface area contributed by atoms with Gasteiger partial charge in [-0.15, -0.1) is 5.10 Å². The van der Waals surface area contributed by atoms with E-state index in [9.17, 15) is 14.4 Å². The Bertz CT molecular complexity index is 1110. The Labute approximate surface area is 229 Å². The molecule has 0 spiro atoms. The number of nitrogens with zero attached hydrogens (tertiary/aromatic N) is 3. The lowest BCUT2D eigenvalue weighted by molar-refractivity contribution is -0.142. The summed E-state index contributed by atoms with van der Waals surface area (Å²) in [5.41, 5.74) is 1.51. The number of carbonyl (C=O) groups is 3. The molecule has 38 heavy (non-hydrogen) atoms. The summed E-state index contributed by atoms with van der Waals surface area (Å²) in [5, 5.41) is 11.0. The zero-order valence-corrected chi connectivity index (χ0v) is 23.0. The van der Waals surface area contributed by atoms with Crippen LogP contribution in [-0.2, 0) is 14.4 Å². The molecule has 1 aromatic heterocycles. The van der Waals surface area contributed by atoms with Crippen LogP contribution in [0.2, 0.25) is 0 Å². The number of aromatic nitrogens is 2. The molecule has 1 aromatic carbocycles. The van der Waals surface area contributed by atoms with Gasteiger partial charge in [-0.2, -0.15) is 0 Å². The quantitative estimate of drug-likeness (QED) is 0.443. The Morgan fingerprint density at radius 1 is 1.03 bits per heavy atom. The second-order valence-electron chi connectivity index (χ2n) is 11.3. The van der Waals surface area contributed by atoms with Gasteiger partial charge in [0.15, 0.2) is 0 Å². The minimum atomic E-state index is -0.566. The van der Waals surface area contributed by atoms with E-state index in [1.54, 1.807) is 4.90 Å². The Kier molecular flexibility index (Phi) is 8.72. The van der Waals surface area contributed by atoms with E-state index in [2.05, 4.69) is 20.2 Å². The van der Waals surface area contributed by atoms with Gasteiger partial charge in [-0.05, 0) is 50.4 Å². The third-order valence-corrected chi connectivity index (χ3v) is 9.09. The zero-order chi connectivity index (χ0) is 26.5. The first kappa shape index (κ1) is 26.8. The molecule has 0 radical (unpaired) electrons. The first-order chi connectivity index (χ1) is 18.5. The van der Waals surface area contributed by atoms with Gasteiger partial charge < -0.3 is 15.5 Å². The van der Waals surface area contributed by atoms with Crippen molar-refractivity contribution in [1.82, 2.24) is 19.8 Å². The van der Waals surface area contributed by atoms with Gasteiger partial charge in [-0.25, -0.2) is 0 Å². The third kappa shape index (κ3) is 6.42. The maximum absolute atomic E-state index is 14.0. The van der Waals surface area contributed by atoms with Crippen LogP contribution in [0.5, 0.6) is 0 Å². The van der Waals surface area contributed by atoms with Crippen LogP contribution in [0.1, 0.15) is 77.6 Å². The normalized spacial score (nSPS) is 21.6. The van der Waals surface area contributed by atoms with Gasteiger partial charge in [0, 0.05) is 29.6 Å². The molecule has 5 rings (SSSR count). The summed E-state index contributed by atoms with van der Waals surface area (Å²) < 4.78 is 4.05. The molecule has 2 N–H and O–H groups in total. The molecular formula is C29H39N5O3S. The van der Waals surface area contributed by atoms with E-state index in [1.165, 1.54) is 19.3 Å². The van der Waals surface area contributed by atoms with E-state index in [4.69, 9.17) is 0 Å². The third-order valence-electron chi connectivity index (χ3n) is 8.45. The summed E-state index contributed by atoms with van der Waals surface area (Å²) in [6, 6.07) is 8.50. The second kappa shape index (κ2) is 12.4. The van der Waals surface area contributed by atoms with Gasteiger partial charge in [0.25, 0.3) is 0 Å². The maximum Gasteiger partial charge on any atom is 0.247 e. The van der Waals surface area contributed by atoms with E-state index < -0.39 is 12.1 Å². The Hall–Kier alpha value is -2.81. The molecule has 2 saturated carbocycles. The van der Waals surface area contributed by atoms with Crippen LogP contribution in [0.25, 0.3) is 11.3 Å². The topological polar surface area (TPSA) is 104 Å². The summed E-state index contributed by atoms with van der Waals surface area (Å²) in [7, 11) is 0. The van der Waals surface area contributed by atoms with Crippen molar-refractivity contribution in [2.75, 3.05) is 11.9 Å². The average Bonchev–Trinajstić information content (AvgIpc) is 3.44. The Morgan fingerprint density at radius 3 is 2.53 bits per heavy atom. The lowest BCUT2D eigenvalue weighted by atomic mass is 9.83. The molecule has 204 valence electrons. The fourth-order valence-electron chi connectivity index (χ4n) is 5.90. The summed E-state index contributed by atoms with van der Waals surface area (Å²) in [6.45, 7) is 2.50. The van der Waals surface area contributed by atoms with Crippen molar-refractivity contribution in [1.29, 1.82) is 0 Å². The number of hydrogen-bond acceptors (Lipinski definition) is 6. The Morgan fingerprint density at radius 2 is 1.79 bits per heavy atom. The highest BCUT2D eigenvalue weighted by Crippen LogP contribution is 2.35. The number of nitrogens with one attached hydrogen (secondary N) is 2.